The number of halogens is 3. The van der Waals surface area contributed by atoms with Crippen molar-refractivity contribution < 1.29 is 22.8 Å². The fraction of sp³-hybridized carbons (Fsp3) is 0.385. The molecule has 0 saturated carbocycles. The fourth-order valence-electron chi connectivity index (χ4n) is 2.58. The van der Waals surface area contributed by atoms with E-state index in [1.165, 1.54) is 4.90 Å². The fourth-order valence-corrected chi connectivity index (χ4v) is 2.58. The molecule has 108 valence electrons. The van der Waals surface area contributed by atoms with Gasteiger partial charge in [-0.05, 0) is 24.6 Å². The van der Waals surface area contributed by atoms with Gasteiger partial charge in [0.05, 0.1) is 12.0 Å². The second-order valence-electron chi connectivity index (χ2n) is 4.64. The van der Waals surface area contributed by atoms with Crippen LogP contribution in [0.15, 0.2) is 12.1 Å². The highest BCUT2D eigenvalue weighted by Crippen LogP contribution is 2.38. The van der Waals surface area contributed by atoms with Crippen molar-refractivity contribution in [3.8, 4) is 0 Å². The largest absolute Gasteiger partial charge is 0.369 e. The minimum atomic E-state index is -1.59. The van der Waals surface area contributed by atoms with Crippen LogP contribution in [0, 0.1) is 23.4 Å². The molecule has 7 heteroatoms. The maximum Gasteiger partial charge on any atom is 0.223 e. The molecule has 20 heavy (non-hydrogen) atoms. The van der Waals surface area contributed by atoms with Crippen molar-refractivity contribution in [3.63, 3.8) is 0 Å². The van der Waals surface area contributed by atoms with Crippen molar-refractivity contribution in [1.82, 2.24) is 4.90 Å². The van der Waals surface area contributed by atoms with Crippen LogP contribution >= 0.6 is 0 Å². The summed E-state index contributed by atoms with van der Waals surface area (Å²) in [5, 5.41) is 0. The third-order valence-electron chi connectivity index (χ3n) is 3.49. The number of primary amides is 1. The number of nitrogens with zero attached hydrogens (tertiary/aromatic N) is 1. The lowest BCUT2D eigenvalue weighted by molar-refractivity contribution is -0.129. The molecule has 1 aromatic carbocycles. The molecule has 0 aliphatic carbocycles. The molecule has 1 saturated heterocycles. The molecule has 1 heterocycles. The van der Waals surface area contributed by atoms with Crippen molar-refractivity contribution in [2.45, 2.75) is 19.4 Å². The van der Waals surface area contributed by atoms with Crippen LogP contribution in [0.5, 0.6) is 0 Å². The molecule has 2 atom stereocenters. The first-order valence-electron chi connectivity index (χ1n) is 6.10. The van der Waals surface area contributed by atoms with Crippen molar-refractivity contribution >= 4 is 11.8 Å². The van der Waals surface area contributed by atoms with E-state index in [0.717, 1.165) is 12.1 Å². The average molecular weight is 286 g/mol. The molecule has 0 aromatic heterocycles. The van der Waals surface area contributed by atoms with Gasteiger partial charge in [-0.1, -0.05) is 0 Å². The van der Waals surface area contributed by atoms with Crippen molar-refractivity contribution in [1.29, 1.82) is 0 Å². The normalized spacial score (nSPS) is 22.4. The van der Waals surface area contributed by atoms with E-state index in [1.54, 1.807) is 6.92 Å². The number of carbonyl (C=O) groups is 2. The molecule has 0 spiro atoms. The van der Waals surface area contributed by atoms with E-state index in [2.05, 4.69) is 0 Å². The summed E-state index contributed by atoms with van der Waals surface area (Å²) in [6.45, 7) is 1.93. The van der Waals surface area contributed by atoms with Crippen LogP contribution in [-0.2, 0) is 9.59 Å². The summed E-state index contributed by atoms with van der Waals surface area (Å²) < 4.78 is 39.6. The molecule has 2 amide bonds. The van der Waals surface area contributed by atoms with Crippen LogP contribution in [-0.4, -0.2) is 23.3 Å². The number of amides is 2. The molecule has 1 aromatic rings. The molecule has 1 fully saturated rings. The molecule has 1 aliphatic rings. The van der Waals surface area contributed by atoms with E-state index in [9.17, 15) is 22.8 Å². The highest BCUT2D eigenvalue weighted by atomic mass is 19.2. The summed E-state index contributed by atoms with van der Waals surface area (Å²) >= 11 is 0. The maximum atomic E-state index is 13.3. The molecule has 2 N–H and O–H groups in total. The van der Waals surface area contributed by atoms with Gasteiger partial charge in [-0.15, -0.1) is 0 Å². The zero-order chi connectivity index (χ0) is 15.0. The first-order chi connectivity index (χ1) is 9.36. The van der Waals surface area contributed by atoms with Gasteiger partial charge in [-0.25, -0.2) is 13.2 Å². The van der Waals surface area contributed by atoms with Crippen molar-refractivity contribution in [3.05, 3.63) is 35.1 Å². The van der Waals surface area contributed by atoms with E-state index >= 15 is 0 Å². The third kappa shape index (κ3) is 2.23. The zero-order valence-corrected chi connectivity index (χ0v) is 10.7. The first kappa shape index (κ1) is 14.4. The van der Waals surface area contributed by atoms with Crippen LogP contribution < -0.4 is 5.73 Å². The van der Waals surface area contributed by atoms with Crippen molar-refractivity contribution in [2.24, 2.45) is 11.7 Å². The summed E-state index contributed by atoms with van der Waals surface area (Å²) in [4.78, 5) is 24.5. The Hall–Kier alpha value is -2.05. The van der Waals surface area contributed by atoms with Gasteiger partial charge in [0.1, 0.15) is 0 Å². The standard InChI is InChI=1S/C13H13F3N2O2/c1-2-18-10(19)5-7(13(17)20)12(18)6-3-8(14)11(16)9(15)4-6/h3-4,7,12H,2,5H2,1H3,(H2,17,20)/t7-,12+/m1/s1. The van der Waals surface area contributed by atoms with Crippen LogP contribution in [0.2, 0.25) is 0 Å². The number of benzene rings is 1. The Bertz CT molecular complexity index is 554. The minimum Gasteiger partial charge on any atom is -0.369 e. The Balaban J connectivity index is 2.51. The Morgan fingerprint density at radius 2 is 1.90 bits per heavy atom. The van der Waals surface area contributed by atoms with Gasteiger partial charge in [-0.3, -0.25) is 9.59 Å². The highest BCUT2D eigenvalue weighted by Gasteiger charge is 2.43. The van der Waals surface area contributed by atoms with Crippen LogP contribution in [0.1, 0.15) is 24.9 Å². The second-order valence-corrected chi connectivity index (χ2v) is 4.64. The molecule has 0 radical (unpaired) electrons. The molecular weight excluding hydrogens is 273 g/mol. The van der Waals surface area contributed by atoms with Gasteiger partial charge >= 0.3 is 0 Å². The number of rotatable bonds is 3. The predicted octanol–water partition coefficient (Wildman–Crippen LogP) is 1.50. The van der Waals surface area contributed by atoms with Gasteiger partial charge in [-0.2, -0.15) is 0 Å². The van der Waals surface area contributed by atoms with Crippen LogP contribution in [0.25, 0.3) is 0 Å². The second kappa shape index (κ2) is 5.15. The SMILES string of the molecule is CCN1C(=O)C[C@@H](C(N)=O)[C@@H]1c1cc(F)c(F)c(F)c1. The number of likely N-dealkylation sites (tertiary alicyclic amines) is 1. The lowest BCUT2D eigenvalue weighted by Crippen LogP contribution is -2.32. The number of carbonyl (C=O) groups excluding carboxylic acids is 2. The summed E-state index contributed by atoms with van der Waals surface area (Å²) in [6, 6.07) is 0.718. The molecule has 0 bridgehead atoms. The van der Waals surface area contributed by atoms with Gasteiger partial charge in [0.2, 0.25) is 11.8 Å². The molecule has 1 aliphatic heterocycles. The maximum absolute atomic E-state index is 13.3. The summed E-state index contributed by atoms with van der Waals surface area (Å²) in [5.41, 5.74) is 5.26. The van der Waals surface area contributed by atoms with Gasteiger partial charge in [0.25, 0.3) is 0 Å². The highest BCUT2D eigenvalue weighted by molar-refractivity contribution is 5.89. The van der Waals surface area contributed by atoms with Gasteiger partial charge < -0.3 is 10.6 Å². The predicted molar refractivity (Wildman–Crippen MR) is 63.7 cm³/mol. The van der Waals surface area contributed by atoms with Gasteiger partial charge in [0, 0.05) is 13.0 Å². The smallest absolute Gasteiger partial charge is 0.223 e. The third-order valence-corrected chi connectivity index (χ3v) is 3.49. The first-order valence-corrected chi connectivity index (χ1v) is 6.10. The van der Waals surface area contributed by atoms with Gasteiger partial charge in [0.15, 0.2) is 17.5 Å². The topological polar surface area (TPSA) is 63.4 Å². The van der Waals surface area contributed by atoms with E-state index < -0.39 is 35.3 Å². The van der Waals surface area contributed by atoms with Crippen molar-refractivity contribution in [2.75, 3.05) is 6.54 Å². The zero-order valence-electron chi connectivity index (χ0n) is 10.7. The monoisotopic (exact) mass is 286 g/mol. The number of hydrogen-bond donors (Lipinski definition) is 1. The average Bonchev–Trinajstić information content (AvgIpc) is 2.72. The Morgan fingerprint density at radius 3 is 2.35 bits per heavy atom. The summed E-state index contributed by atoms with van der Waals surface area (Å²) in [7, 11) is 0. The lowest BCUT2D eigenvalue weighted by Gasteiger charge is -2.26. The van der Waals surface area contributed by atoms with E-state index in [4.69, 9.17) is 5.73 Å². The lowest BCUT2D eigenvalue weighted by atomic mass is 9.93. The van der Waals surface area contributed by atoms with E-state index in [0.29, 0.717) is 0 Å². The summed E-state index contributed by atoms with van der Waals surface area (Å²) in [5.74, 6) is -6.25. The molecular formula is C13H13F3N2O2. The Labute approximate surface area is 113 Å². The number of nitrogens with two attached hydrogens (primary N) is 1. The Morgan fingerprint density at radius 1 is 1.35 bits per heavy atom. The number of hydrogen-bond acceptors (Lipinski definition) is 2. The Kier molecular flexibility index (Phi) is 3.69. The van der Waals surface area contributed by atoms with Crippen LogP contribution in [0.4, 0.5) is 13.2 Å². The van der Waals surface area contributed by atoms with E-state index in [-0.39, 0.29) is 24.4 Å². The molecule has 0 unspecified atom stereocenters. The van der Waals surface area contributed by atoms with Crippen LogP contribution in [0.3, 0.4) is 0 Å². The van der Waals surface area contributed by atoms with E-state index in [1.807, 2.05) is 0 Å². The molecule has 2 rings (SSSR count). The molecule has 4 nitrogen and oxygen atoms in total. The summed E-state index contributed by atoms with van der Waals surface area (Å²) in [6.07, 6.45) is -0.117. The quantitative estimate of drug-likeness (QED) is 0.856. The minimum absolute atomic E-state index is 0.0258.